The Balaban J connectivity index is 1.58. The molecule has 1 N–H and O–H groups in total. The molecule has 2 heterocycles. The summed E-state index contributed by atoms with van der Waals surface area (Å²) >= 11 is 1.12. The molecule has 0 saturated carbocycles. The number of carbonyl (C=O) groups excluding carboxylic acids is 2. The number of nitrogens with zero attached hydrogens (tertiary/aromatic N) is 3. The number of nitrogens with one attached hydrogen (secondary N) is 1. The van der Waals surface area contributed by atoms with Gasteiger partial charge in [-0.1, -0.05) is 6.07 Å². The Kier molecular flexibility index (Phi) is 4.83. The number of rotatable bonds is 4. The Labute approximate surface area is 160 Å². The fourth-order valence-corrected chi connectivity index (χ4v) is 3.76. The maximum atomic E-state index is 12.6. The topological polar surface area (TPSA) is 84.4 Å². The molecule has 0 unspecified atom stereocenters. The molecule has 4 rings (SSSR count). The molecule has 0 fully saturated rings. The highest BCUT2D eigenvalue weighted by Gasteiger charge is 2.23. The Morgan fingerprint density at radius 2 is 2.04 bits per heavy atom. The second-order valence-corrected chi connectivity index (χ2v) is 6.88. The standard InChI is InChI=1S/C19H18N4O3S/c1-26-11-18(24)23-8-2-3-12-4-6-14(10-17(12)23)20-19(25)13-5-7-15-16(9-13)22-27-21-15/h4-7,9-10H,2-3,8,11H2,1H3,(H,20,25). The van der Waals surface area contributed by atoms with Crippen LogP contribution in [0.25, 0.3) is 11.0 Å². The Bertz CT molecular complexity index is 1020. The minimum absolute atomic E-state index is 0.0394. The fourth-order valence-electron chi connectivity index (χ4n) is 3.24. The number of fused-ring (bicyclic) bond motifs is 2. The number of amides is 2. The van der Waals surface area contributed by atoms with Gasteiger partial charge in [0.05, 0.1) is 11.7 Å². The van der Waals surface area contributed by atoms with Gasteiger partial charge >= 0.3 is 0 Å². The molecular formula is C19H18N4O3S. The Morgan fingerprint density at radius 3 is 2.89 bits per heavy atom. The molecule has 138 valence electrons. The van der Waals surface area contributed by atoms with E-state index in [9.17, 15) is 9.59 Å². The van der Waals surface area contributed by atoms with Gasteiger partial charge in [-0.25, -0.2) is 0 Å². The average Bonchev–Trinajstić information content (AvgIpc) is 3.15. The summed E-state index contributed by atoms with van der Waals surface area (Å²) in [5.41, 5.74) is 4.57. The van der Waals surface area contributed by atoms with Crippen molar-refractivity contribution in [1.29, 1.82) is 0 Å². The summed E-state index contributed by atoms with van der Waals surface area (Å²) in [7, 11) is 1.51. The maximum Gasteiger partial charge on any atom is 0.255 e. The van der Waals surface area contributed by atoms with Gasteiger partial charge < -0.3 is 15.0 Å². The Hall–Kier alpha value is -2.84. The minimum Gasteiger partial charge on any atom is -0.375 e. The molecule has 0 saturated heterocycles. The first kappa shape index (κ1) is 17.6. The number of aromatic nitrogens is 2. The van der Waals surface area contributed by atoms with Crippen LogP contribution in [0.4, 0.5) is 11.4 Å². The van der Waals surface area contributed by atoms with E-state index in [0.29, 0.717) is 23.3 Å². The predicted molar refractivity (Wildman–Crippen MR) is 104 cm³/mol. The lowest BCUT2D eigenvalue weighted by atomic mass is 10.0. The van der Waals surface area contributed by atoms with Gasteiger partial charge in [0.15, 0.2) is 0 Å². The van der Waals surface area contributed by atoms with Crippen LogP contribution in [-0.2, 0) is 16.0 Å². The molecule has 7 nitrogen and oxygen atoms in total. The van der Waals surface area contributed by atoms with Crippen LogP contribution in [0.2, 0.25) is 0 Å². The summed E-state index contributed by atoms with van der Waals surface area (Å²) in [6.07, 6.45) is 1.82. The highest BCUT2D eigenvalue weighted by molar-refractivity contribution is 7.00. The van der Waals surface area contributed by atoms with Crippen molar-refractivity contribution < 1.29 is 14.3 Å². The number of ether oxygens (including phenoxy) is 1. The molecule has 0 radical (unpaired) electrons. The van der Waals surface area contributed by atoms with Gasteiger partial charge in [0, 0.05) is 30.6 Å². The minimum atomic E-state index is -0.226. The van der Waals surface area contributed by atoms with Crippen LogP contribution in [0.15, 0.2) is 36.4 Å². The monoisotopic (exact) mass is 382 g/mol. The highest BCUT2D eigenvalue weighted by atomic mass is 32.1. The van der Waals surface area contributed by atoms with Gasteiger partial charge in [0.2, 0.25) is 0 Å². The van der Waals surface area contributed by atoms with Gasteiger partial charge in [-0.2, -0.15) is 8.75 Å². The van der Waals surface area contributed by atoms with E-state index in [-0.39, 0.29) is 18.4 Å². The van der Waals surface area contributed by atoms with Gasteiger partial charge in [-0.3, -0.25) is 9.59 Å². The van der Waals surface area contributed by atoms with E-state index in [0.717, 1.165) is 41.3 Å². The lowest BCUT2D eigenvalue weighted by Crippen LogP contribution is -2.37. The zero-order valence-electron chi connectivity index (χ0n) is 14.8. The Morgan fingerprint density at radius 1 is 1.19 bits per heavy atom. The van der Waals surface area contributed by atoms with E-state index in [1.807, 2.05) is 18.2 Å². The molecule has 1 aliphatic rings. The predicted octanol–water partition coefficient (Wildman–Crippen LogP) is 2.87. The van der Waals surface area contributed by atoms with Crippen molar-refractivity contribution >= 4 is 46.0 Å². The maximum absolute atomic E-state index is 12.6. The molecule has 27 heavy (non-hydrogen) atoms. The van der Waals surface area contributed by atoms with Gasteiger partial charge in [0.25, 0.3) is 11.8 Å². The number of aryl methyl sites for hydroxylation is 1. The van der Waals surface area contributed by atoms with Crippen LogP contribution in [0.1, 0.15) is 22.3 Å². The van der Waals surface area contributed by atoms with Crippen LogP contribution in [0.5, 0.6) is 0 Å². The lowest BCUT2D eigenvalue weighted by Gasteiger charge is -2.29. The number of carbonyl (C=O) groups is 2. The van der Waals surface area contributed by atoms with Crippen molar-refractivity contribution in [3.63, 3.8) is 0 Å². The van der Waals surface area contributed by atoms with Crippen molar-refractivity contribution in [1.82, 2.24) is 8.75 Å². The number of methoxy groups -OCH3 is 1. The molecule has 2 aromatic carbocycles. The molecule has 1 aliphatic heterocycles. The van der Waals surface area contributed by atoms with E-state index >= 15 is 0 Å². The zero-order chi connectivity index (χ0) is 18.8. The number of hydrogen-bond acceptors (Lipinski definition) is 6. The second kappa shape index (κ2) is 7.42. The van der Waals surface area contributed by atoms with Gasteiger partial charge in [0.1, 0.15) is 17.6 Å². The van der Waals surface area contributed by atoms with Crippen molar-refractivity contribution in [2.45, 2.75) is 12.8 Å². The van der Waals surface area contributed by atoms with E-state index in [1.165, 1.54) is 7.11 Å². The largest absolute Gasteiger partial charge is 0.375 e. The van der Waals surface area contributed by atoms with Crippen molar-refractivity contribution in [3.05, 3.63) is 47.5 Å². The summed E-state index contributed by atoms with van der Waals surface area (Å²) in [6.45, 7) is 0.692. The molecule has 1 aromatic heterocycles. The second-order valence-electron chi connectivity index (χ2n) is 6.35. The fraction of sp³-hybridized carbons (Fsp3) is 0.263. The molecule has 0 spiro atoms. The van der Waals surface area contributed by atoms with Crippen LogP contribution in [-0.4, -0.2) is 40.8 Å². The smallest absolute Gasteiger partial charge is 0.255 e. The molecule has 0 atom stereocenters. The summed E-state index contributed by atoms with van der Waals surface area (Å²) < 4.78 is 13.3. The molecule has 8 heteroatoms. The average molecular weight is 382 g/mol. The normalized spacial score (nSPS) is 13.4. The third-order valence-electron chi connectivity index (χ3n) is 4.55. The van der Waals surface area contributed by atoms with Gasteiger partial charge in [-0.05, 0) is 48.7 Å². The number of hydrogen-bond donors (Lipinski definition) is 1. The molecule has 0 bridgehead atoms. The van der Waals surface area contributed by atoms with Crippen LogP contribution in [0.3, 0.4) is 0 Å². The summed E-state index contributed by atoms with van der Waals surface area (Å²) in [6, 6.07) is 10.9. The zero-order valence-corrected chi connectivity index (χ0v) is 15.6. The van der Waals surface area contributed by atoms with Crippen LogP contribution in [0, 0.1) is 0 Å². The van der Waals surface area contributed by atoms with Gasteiger partial charge in [-0.15, -0.1) is 0 Å². The van der Waals surface area contributed by atoms with Crippen molar-refractivity contribution in [2.24, 2.45) is 0 Å². The first-order chi connectivity index (χ1) is 13.2. The van der Waals surface area contributed by atoms with Crippen LogP contribution < -0.4 is 10.2 Å². The molecule has 0 aliphatic carbocycles. The first-order valence-electron chi connectivity index (χ1n) is 8.61. The molecular weight excluding hydrogens is 364 g/mol. The highest BCUT2D eigenvalue weighted by Crippen LogP contribution is 2.30. The van der Waals surface area contributed by atoms with Crippen molar-refractivity contribution in [3.8, 4) is 0 Å². The van der Waals surface area contributed by atoms with E-state index < -0.39 is 0 Å². The van der Waals surface area contributed by atoms with E-state index in [4.69, 9.17) is 4.74 Å². The number of benzene rings is 2. The summed E-state index contributed by atoms with van der Waals surface area (Å²) in [5, 5.41) is 2.90. The SMILES string of the molecule is COCC(=O)N1CCCc2ccc(NC(=O)c3ccc4nsnc4c3)cc21. The van der Waals surface area contributed by atoms with E-state index in [2.05, 4.69) is 14.1 Å². The third kappa shape index (κ3) is 3.54. The lowest BCUT2D eigenvalue weighted by molar-refractivity contribution is -0.122. The van der Waals surface area contributed by atoms with Crippen LogP contribution >= 0.6 is 11.7 Å². The third-order valence-corrected chi connectivity index (χ3v) is 5.10. The summed E-state index contributed by atoms with van der Waals surface area (Å²) in [4.78, 5) is 26.7. The first-order valence-corrected chi connectivity index (χ1v) is 9.34. The molecule has 2 amide bonds. The summed E-state index contributed by atoms with van der Waals surface area (Å²) in [5.74, 6) is -0.307. The van der Waals surface area contributed by atoms with E-state index in [1.54, 1.807) is 23.1 Å². The quantitative estimate of drug-likeness (QED) is 0.750. The molecule has 3 aromatic rings. The van der Waals surface area contributed by atoms with Crippen molar-refractivity contribution in [2.75, 3.05) is 30.5 Å². The number of anilines is 2.